The number of phosphoric acid groups is 2. The lowest BCUT2D eigenvalue weighted by atomic mass is 10.0. The van der Waals surface area contributed by atoms with E-state index in [2.05, 4.69) is 30.1 Å². The van der Waals surface area contributed by atoms with E-state index >= 15 is 0 Å². The number of nitrogens with two attached hydrogens (primary N) is 1. The zero-order valence-corrected chi connectivity index (χ0v) is 43.7. The Kier molecular flexibility index (Phi) is 32.8. The Bertz CT molecular complexity index is 1930. The number of nitrogens with zero attached hydrogens (tertiary/aromatic N) is 2. The fourth-order valence-corrected chi connectivity index (χ4v) is 9.41. The van der Waals surface area contributed by atoms with Gasteiger partial charge < -0.3 is 50.2 Å². The third-order valence-electron chi connectivity index (χ3n) is 11.3. The Morgan fingerprint density at radius 2 is 1.31 bits per heavy atom. The van der Waals surface area contributed by atoms with Crippen molar-refractivity contribution in [3.63, 3.8) is 0 Å². The van der Waals surface area contributed by atoms with E-state index in [1.165, 1.54) is 44.6 Å². The van der Waals surface area contributed by atoms with Crippen molar-refractivity contribution in [3.05, 3.63) is 71.4 Å². The minimum absolute atomic E-state index is 0.000807. The second-order valence-corrected chi connectivity index (χ2v) is 21.2. The van der Waals surface area contributed by atoms with Crippen LogP contribution in [-0.2, 0) is 46.3 Å². The number of anilines is 1. The highest BCUT2D eigenvalue weighted by Crippen LogP contribution is 2.60. The Morgan fingerprint density at radius 1 is 0.761 bits per heavy atom. The first-order chi connectivity index (χ1) is 33.8. The van der Waals surface area contributed by atoms with Crippen LogP contribution in [0.15, 0.2) is 65.7 Å². The molecule has 2 unspecified atom stereocenters. The zero-order valence-electron chi connectivity index (χ0n) is 41.9. The van der Waals surface area contributed by atoms with E-state index in [4.69, 9.17) is 29.0 Å². The molecule has 2 rings (SSSR count). The minimum Gasteiger partial charge on any atom is -0.462 e. The summed E-state index contributed by atoms with van der Waals surface area (Å²) in [6, 6.07) is 1.23. The van der Waals surface area contributed by atoms with Gasteiger partial charge in [0.25, 0.3) is 0 Å². The second kappa shape index (κ2) is 36.5. The molecule has 0 radical (unpaired) electrons. The molecule has 0 bridgehead atoms. The summed E-state index contributed by atoms with van der Waals surface area (Å²) in [5, 5.41) is 41.2. The number of aliphatic hydroxyl groups excluding tert-OH is 4. The van der Waals surface area contributed by atoms with Crippen LogP contribution in [0.5, 0.6) is 0 Å². The van der Waals surface area contributed by atoms with Crippen molar-refractivity contribution in [2.24, 2.45) is 5.92 Å². The monoisotopic (exact) mass is 1050 g/mol. The number of esters is 2. The maximum Gasteiger partial charge on any atom is 0.481 e. The van der Waals surface area contributed by atoms with Gasteiger partial charge in [-0.15, -0.1) is 0 Å². The topological polar surface area (TPSA) is 306 Å². The van der Waals surface area contributed by atoms with Gasteiger partial charge in [0, 0.05) is 19.0 Å². The average molecular weight is 1050 g/mol. The molecular formula is C49H83N3O17P2. The van der Waals surface area contributed by atoms with E-state index in [-0.39, 0.29) is 31.5 Å². The molecule has 1 aromatic rings. The molecule has 1 aliphatic heterocycles. The van der Waals surface area contributed by atoms with E-state index in [9.17, 15) is 53.7 Å². The predicted octanol–water partition coefficient (Wildman–Crippen LogP) is 7.96. The molecule has 1 saturated heterocycles. The Morgan fingerprint density at radius 3 is 1.90 bits per heavy atom. The number of aliphatic hydroxyl groups is 4. The highest BCUT2D eigenvalue weighted by Gasteiger charge is 2.46. The summed E-state index contributed by atoms with van der Waals surface area (Å²) in [7, 11) is -10.9. The fourth-order valence-electron chi connectivity index (χ4n) is 7.30. The lowest BCUT2D eigenvalue weighted by molar-refractivity contribution is -0.161. The molecule has 0 aliphatic carbocycles. The Balaban J connectivity index is 1.87. The van der Waals surface area contributed by atoms with Crippen LogP contribution in [0.25, 0.3) is 0 Å². The first-order valence-corrected chi connectivity index (χ1v) is 28.2. The molecule has 406 valence electrons. The lowest BCUT2D eigenvalue weighted by Gasteiger charge is -2.21. The van der Waals surface area contributed by atoms with Crippen LogP contribution in [0.4, 0.5) is 5.82 Å². The SMILES string of the molecule is CCCCC[C@H](O)/C=C/C=C\C/C=C\C=C\[C@H](O)CCCC(=O)OC[C@H](COP(=O)(O)OP(=O)(O)OC[C@H]1O[C@@H](n2ccc(N)nc2=O)[C@H](O)[C@@H]1O)OC(=O)CCCCCCCCCCCCCC(C)C. The van der Waals surface area contributed by atoms with Crippen molar-refractivity contribution >= 4 is 33.4 Å². The van der Waals surface area contributed by atoms with Gasteiger partial charge in [0.1, 0.15) is 30.7 Å². The molecule has 1 fully saturated rings. The number of allylic oxidation sites excluding steroid dienone is 6. The van der Waals surface area contributed by atoms with Crippen molar-refractivity contribution in [2.75, 3.05) is 25.6 Å². The van der Waals surface area contributed by atoms with Gasteiger partial charge in [0.05, 0.1) is 25.4 Å². The van der Waals surface area contributed by atoms with Crippen LogP contribution in [0.1, 0.15) is 162 Å². The van der Waals surface area contributed by atoms with E-state index in [0.29, 0.717) is 12.8 Å². The van der Waals surface area contributed by atoms with Gasteiger partial charge in [-0.3, -0.25) is 23.2 Å². The predicted molar refractivity (Wildman–Crippen MR) is 268 cm³/mol. The summed E-state index contributed by atoms with van der Waals surface area (Å²) < 4.78 is 56.6. The molecule has 0 saturated carbocycles. The number of rotatable bonds is 40. The quantitative estimate of drug-likeness (QED) is 0.0142. The molecule has 9 atom stereocenters. The fraction of sp³-hybridized carbons (Fsp3) is 0.714. The molecule has 22 heteroatoms. The van der Waals surface area contributed by atoms with Gasteiger partial charge in [-0.1, -0.05) is 159 Å². The van der Waals surface area contributed by atoms with Crippen molar-refractivity contribution in [1.29, 1.82) is 0 Å². The van der Waals surface area contributed by atoms with Crippen molar-refractivity contribution in [1.82, 2.24) is 9.55 Å². The van der Waals surface area contributed by atoms with Crippen molar-refractivity contribution in [2.45, 2.75) is 198 Å². The van der Waals surface area contributed by atoms with E-state index < -0.39 is 95.9 Å². The number of hydrogen-bond donors (Lipinski definition) is 7. The van der Waals surface area contributed by atoms with Gasteiger partial charge in [0.2, 0.25) is 0 Å². The first kappa shape index (κ1) is 63.8. The highest BCUT2D eigenvalue weighted by atomic mass is 31.3. The molecular weight excluding hydrogens is 964 g/mol. The Labute approximate surface area is 419 Å². The van der Waals surface area contributed by atoms with Crippen LogP contribution in [0.3, 0.4) is 0 Å². The number of carbonyl (C=O) groups is 2. The van der Waals surface area contributed by atoms with E-state index in [0.717, 1.165) is 74.5 Å². The number of ether oxygens (including phenoxy) is 3. The summed E-state index contributed by atoms with van der Waals surface area (Å²) in [5.74, 6) is -0.791. The number of carbonyl (C=O) groups excluding carboxylic acids is 2. The minimum atomic E-state index is -5.47. The molecule has 1 aromatic heterocycles. The molecule has 2 heterocycles. The van der Waals surface area contributed by atoms with Crippen LogP contribution in [0.2, 0.25) is 0 Å². The van der Waals surface area contributed by atoms with E-state index in [1.54, 1.807) is 24.3 Å². The summed E-state index contributed by atoms with van der Waals surface area (Å²) >= 11 is 0. The maximum atomic E-state index is 12.9. The normalized spacial score (nSPS) is 20.5. The number of unbranched alkanes of at least 4 members (excludes halogenated alkanes) is 12. The van der Waals surface area contributed by atoms with Gasteiger partial charge in [-0.05, 0) is 44.1 Å². The van der Waals surface area contributed by atoms with Gasteiger partial charge >= 0.3 is 33.3 Å². The largest absolute Gasteiger partial charge is 0.481 e. The van der Waals surface area contributed by atoms with Crippen molar-refractivity contribution in [3.8, 4) is 0 Å². The molecule has 0 spiro atoms. The van der Waals surface area contributed by atoms with Gasteiger partial charge in [0.15, 0.2) is 12.3 Å². The number of nitrogen functional groups attached to an aromatic ring is 1. The van der Waals surface area contributed by atoms with E-state index in [1.807, 2.05) is 24.3 Å². The maximum absolute atomic E-state index is 12.9. The van der Waals surface area contributed by atoms with Crippen LogP contribution < -0.4 is 11.4 Å². The van der Waals surface area contributed by atoms with Crippen LogP contribution >= 0.6 is 15.6 Å². The molecule has 20 nitrogen and oxygen atoms in total. The first-order valence-electron chi connectivity index (χ1n) is 25.2. The van der Waals surface area contributed by atoms with Crippen molar-refractivity contribution < 1.29 is 76.5 Å². The summed E-state index contributed by atoms with van der Waals surface area (Å²) in [5.41, 5.74) is 4.56. The second-order valence-electron chi connectivity index (χ2n) is 18.2. The van der Waals surface area contributed by atoms with Gasteiger partial charge in [-0.2, -0.15) is 9.29 Å². The van der Waals surface area contributed by atoms with Crippen LogP contribution in [0, 0.1) is 5.92 Å². The molecule has 0 amide bonds. The Hall–Kier alpha value is -3.36. The number of hydrogen-bond acceptors (Lipinski definition) is 17. The molecule has 0 aromatic carbocycles. The van der Waals surface area contributed by atoms with Gasteiger partial charge in [-0.25, -0.2) is 13.9 Å². The third kappa shape index (κ3) is 30.4. The summed E-state index contributed by atoms with van der Waals surface area (Å²) in [4.78, 5) is 61.9. The molecule has 8 N–H and O–H groups in total. The summed E-state index contributed by atoms with van der Waals surface area (Å²) in [6.07, 6.45) is 24.2. The molecule has 71 heavy (non-hydrogen) atoms. The average Bonchev–Trinajstić information content (AvgIpc) is 3.58. The highest BCUT2D eigenvalue weighted by molar-refractivity contribution is 7.61. The third-order valence-corrected chi connectivity index (χ3v) is 13.9. The summed E-state index contributed by atoms with van der Waals surface area (Å²) in [6.45, 7) is 4.11. The van der Waals surface area contributed by atoms with Crippen LogP contribution in [-0.4, -0.2) is 108 Å². The smallest absolute Gasteiger partial charge is 0.462 e. The lowest BCUT2D eigenvalue weighted by Crippen LogP contribution is -2.36. The molecule has 1 aliphatic rings. The zero-order chi connectivity index (χ0) is 52.5. The number of phosphoric ester groups is 2. The number of aromatic nitrogens is 2. The standard InChI is InChI=1S/C49H83N3O17P2/c1-4-5-20-27-39(53)28-22-17-13-11-14-18-23-29-40(54)30-25-32-44(55)64-35-41(67-45(56)31-24-19-15-10-8-6-7-9-12-16-21-26-38(2)3)36-65-70(60,61)69-71(62,63)66-37-42-46(57)47(58)48(68-42)52-34-33-43(50)51-49(52)59/h13-14,17-18,22-23,28-29,33-34,38-42,46-48,53-54,57-58H,4-12,15-16,19-21,24-27,30-32,35-37H2,1-3H3,(H,60,61)(H,62,63)(H2,50,51,59)/b17-13-,18-14-,28-22+,29-23+/t39-,40-,41+,42+,46+,47+,48+/m0/s1.